The highest BCUT2D eigenvalue weighted by atomic mass is 19.1. The van der Waals surface area contributed by atoms with Gasteiger partial charge in [-0.05, 0) is 18.2 Å². The maximum atomic E-state index is 13.7. The number of pyridine rings is 1. The first kappa shape index (κ1) is 16.3. The minimum absolute atomic E-state index is 0.0268. The number of aromatic amines is 1. The zero-order chi connectivity index (χ0) is 18.0. The molecule has 25 heavy (non-hydrogen) atoms. The van der Waals surface area contributed by atoms with Gasteiger partial charge in [0.25, 0.3) is 5.91 Å². The molecule has 0 radical (unpaired) electrons. The molecule has 0 saturated carbocycles. The van der Waals surface area contributed by atoms with Crippen LogP contribution in [0.25, 0.3) is 0 Å². The number of halogens is 2. The fourth-order valence-electron chi connectivity index (χ4n) is 2.21. The fourth-order valence-corrected chi connectivity index (χ4v) is 2.21. The van der Waals surface area contributed by atoms with Gasteiger partial charge in [0.2, 0.25) is 0 Å². The van der Waals surface area contributed by atoms with Crippen molar-refractivity contribution >= 4 is 17.4 Å². The molecule has 0 fully saturated rings. The van der Waals surface area contributed by atoms with Gasteiger partial charge in [0.15, 0.2) is 18.2 Å². The van der Waals surface area contributed by atoms with Crippen molar-refractivity contribution in [1.82, 2.24) is 4.98 Å². The van der Waals surface area contributed by atoms with Gasteiger partial charge in [-0.15, -0.1) is 0 Å². The van der Waals surface area contributed by atoms with E-state index in [4.69, 9.17) is 0 Å². The lowest BCUT2D eigenvalue weighted by molar-refractivity contribution is -0.605. The Bertz CT molecular complexity index is 932. The van der Waals surface area contributed by atoms with Crippen molar-refractivity contribution in [3.63, 3.8) is 0 Å². The topological polar surface area (TPSA) is 88.9 Å². The summed E-state index contributed by atoms with van der Waals surface area (Å²) in [5.74, 6) is -3.41. The lowest BCUT2D eigenvalue weighted by atomic mass is 10.0. The monoisotopic (exact) mass is 343 g/mol. The van der Waals surface area contributed by atoms with E-state index in [1.165, 1.54) is 36.8 Å². The minimum Gasteiger partial charge on any atom is -0.619 e. The van der Waals surface area contributed by atoms with Crippen LogP contribution in [0.2, 0.25) is 0 Å². The van der Waals surface area contributed by atoms with Gasteiger partial charge in [-0.1, -0.05) is 6.07 Å². The molecule has 1 amide bonds. The van der Waals surface area contributed by atoms with Crippen molar-refractivity contribution in [2.45, 2.75) is 0 Å². The number of nitrogens with one attached hydrogen (secondary N) is 2. The highest BCUT2D eigenvalue weighted by Gasteiger charge is 2.21. The molecule has 126 valence electrons. The Kier molecular flexibility index (Phi) is 4.25. The lowest BCUT2D eigenvalue weighted by Crippen LogP contribution is -2.24. The molecule has 0 saturated heterocycles. The molecule has 0 atom stereocenters. The third kappa shape index (κ3) is 3.37. The van der Waals surface area contributed by atoms with Crippen LogP contribution in [0.5, 0.6) is 0 Å². The second-order valence-electron chi connectivity index (χ2n) is 5.13. The first-order valence-electron chi connectivity index (χ1n) is 7.13. The van der Waals surface area contributed by atoms with Crippen molar-refractivity contribution in [3.8, 4) is 0 Å². The molecule has 2 aromatic heterocycles. The number of hydrogen-bond donors (Lipinski definition) is 2. The summed E-state index contributed by atoms with van der Waals surface area (Å²) in [6.45, 7) is 0. The number of benzene rings is 1. The van der Waals surface area contributed by atoms with Crippen LogP contribution in [-0.4, -0.2) is 16.7 Å². The van der Waals surface area contributed by atoms with Crippen LogP contribution in [0.3, 0.4) is 0 Å². The van der Waals surface area contributed by atoms with Crippen molar-refractivity contribution in [1.29, 1.82) is 0 Å². The molecule has 0 aliphatic rings. The lowest BCUT2D eigenvalue weighted by Gasteiger charge is -2.03. The summed E-state index contributed by atoms with van der Waals surface area (Å²) in [6, 6.07) is 7.11. The summed E-state index contributed by atoms with van der Waals surface area (Å²) in [4.78, 5) is 27.0. The van der Waals surface area contributed by atoms with Crippen LogP contribution in [0.15, 0.2) is 55.0 Å². The first-order chi connectivity index (χ1) is 12.0. The van der Waals surface area contributed by atoms with Crippen LogP contribution in [0.4, 0.5) is 14.5 Å². The zero-order valence-electron chi connectivity index (χ0n) is 12.6. The Morgan fingerprint density at radius 3 is 2.36 bits per heavy atom. The molecule has 0 unspecified atom stereocenters. The van der Waals surface area contributed by atoms with E-state index in [1.807, 2.05) is 0 Å². The average molecular weight is 343 g/mol. The van der Waals surface area contributed by atoms with Crippen molar-refractivity contribution in [3.05, 3.63) is 88.7 Å². The number of carbonyl (C=O) groups is 2. The molecular formula is C17H11F2N3O3. The predicted molar refractivity (Wildman–Crippen MR) is 83.9 cm³/mol. The number of nitrogens with zero attached hydrogens (tertiary/aromatic N) is 1. The molecule has 0 bridgehead atoms. The number of anilines is 1. The average Bonchev–Trinajstić information content (AvgIpc) is 3.07. The maximum absolute atomic E-state index is 13.7. The van der Waals surface area contributed by atoms with Gasteiger partial charge in [-0.2, -0.15) is 4.73 Å². The van der Waals surface area contributed by atoms with E-state index in [2.05, 4.69) is 10.3 Å². The summed E-state index contributed by atoms with van der Waals surface area (Å²) in [5, 5.41) is 13.5. The highest BCUT2D eigenvalue weighted by molar-refractivity contribution is 6.11. The normalized spacial score (nSPS) is 10.5. The zero-order valence-corrected chi connectivity index (χ0v) is 12.6. The molecule has 0 spiro atoms. The number of H-pyrrole nitrogens is 1. The molecular weight excluding hydrogens is 332 g/mol. The van der Waals surface area contributed by atoms with Gasteiger partial charge in [0, 0.05) is 23.9 Å². The predicted octanol–water partition coefficient (Wildman–Crippen LogP) is 2.41. The molecule has 0 aliphatic heterocycles. The van der Waals surface area contributed by atoms with Crippen LogP contribution in [0.1, 0.15) is 26.4 Å². The smallest absolute Gasteiger partial charge is 0.272 e. The van der Waals surface area contributed by atoms with E-state index in [1.54, 1.807) is 0 Å². The van der Waals surface area contributed by atoms with E-state index in [-0.39, 0.29) is 11.3 Å². The summed E-state index contributed by atoms with van der Waals surface area (Å²) in [5.41, 5.74) is -0.338. The second-order valence-corrected chi connectivity index (χ2v) is 5.13. The largest absolute Gasteiger partial charge is 0.619 e. The molecule has 8 heteroatoms. The molecule has 2 heterocycles. The summed E-state index contributed by atoms with van der Waals surface area (Å²) in [7, 11) is 0. The summed E-state index contributed by atoms with van der Waals surface area (Å²) >= 11 is 0. The summed E-state index contributed by atoms with van der Waals surface area (Å²) in [6.07, 6.45) is 3.61. The van der Waals surface area contributed by atoms with Gasteiger partial charge in [0.05, 0.1) is 11.3 Å². The fraction of sp³-hybridized carbons (Fsp3) is 0. The van der Waals surface area contributed by atoms with Crippen molar-refractivity contribution in [2.75, 3.05) is 5.32 Å². The third-order valence-corrected chi connectivity index (χ3v) is 3.44. The maximum Gasteiger partial charge on any atom is 0.272 e. The van der Waals surface area contributed by atoms with Gasteiger partial charge >= 0.3 is 0 Å². The van der Waals surface area contributed by atoms with E-state index in [0.717, 1.165) is 18.2 Å². The number of aromatic nitrogens is 2. The second kappa shape index (κ2) is 6.52. The molecule has 3 aromatic rings. The quantitative estimate of drug-likeness (QED) is 0.433. The SMILES string of the molecule is O=C(Nc1cc[n+]([O-])cc1)c1cc(C(=O)c2c(F)cccc2F)c[nH]1. The van der Waals surface area contributed by atoms with Gasteiger partial charge in [-0.3, -0.25) is 9.59 Å². The van der Waals surface area contributed by atoms with E-state index in [0.29, 0.717) is 10.4 Å². The van der Waals surface area contributed by atoms with E-state index in [9.17, 15) is 23.6 Å². The Labute approximate surface area is 140 Å². The number of hydrogen-bond acceptors (Lipinski definition) is 3. The van der Waals surface area contributed by atoms with Crippen LogP contribution in [0, 0.1) is 16.8 Å². The Morgan fingerprint density at radius 1 is 1.08 bits per heavy atom. The van der Waals surface area contributed by atoms with Gasteiger partial charge < -0.3 is 15.5 Å². The van der Waals surface area contributed by atoms with Gasteiger partial charge in [0.1, 0.15) is 17.3 Å². The molecule has 3 rings (SSSR count). The van der Waals surface area contributed by atoms with Crippen LogP contribution >= 0.6 is 0 Å². The minimum atomic E-state index is -0.979. The third-order valence-electron chi connectivity index (χ3n) is 3.44. The van der Waals surface area contributed by atoms with Crippen LogP contribution < -0.4 is 10.0 Å². The first-order valence-corrected chi connectivity index (χ1v) is 7.13. The number of carbonyl (C=O) groups excluding carboxylic acids is 2. The Morgan fingerprint density at radius 2 is 1.72 bits per heavy atom. The standard InChI is InChI=1S/C17H11F2N3O3/c18-12-2-1-3-13(19)15(12)16(23)10-8-14(20-9-10)17(24)21-11-4-6-22(25)7-5-11/h1-9,20H,(H,21,24). The van der Waals surface area contributed by atoms with Crippen molar-refractivity contribution in [2.24, 2.45) is 0 Å². The Balaban J connectivity index is 1.81. The van der Waals surface area contributed by atoms with Crippen LogP contribution in [-0.2, 0) is 0 Å². The molecule has 2 N–H and O–H groups in total. The summed E-state index contributed by atoms with van der Waals surface area (Å²) < 4.78 is 27.9. The number of ketones is 1. The highest BCUT2D eigenvalue weighted by Crippen LogP contribution is 2.18. The Hall–Kier alpha value is -3.55. The van der Waals surface area contributed by atoms with Crippen molar-refractivity contribution < 1.29 is 23.1 Å². The number of amides is 1. The van der Waals surface area contributed by atoms with Gasteiger partial charge in [-0.25, -0.2) is 8.78 Å². The molecule has 6 nitrogen and oxygen atoms in total. The number of rotatable bonds is 4. The molecule has 0 aliphatic carbocycles. The molecule has 1 aromatic carbocycles. The van der Waals surface area contributed by atoms with E-state index >= 15 is 0 Å². The van der Waals surface area contributed by atoms with E-state index < -0.39 is 28.9 Å².